The van der Waals surface area contributed by atoms with Gasteiger partial charge in [-0.25, -0.2) is 4.39 Å². The number of furan rings is 1. The van der Waals surface area contributed by atoms with Gasteiger partial charge in [-0.05, 0) is 12.1 Å². The molecule has 1 saturated heterocycles. The Kier molecular flexibility index (Phi) is 3.13. The Balaban J connectivity index is 1.99. The first-order valence-corrected chi connectivity index (χ1v) is 6.34. The van der Waals surface area contributed by atoms with E-state index in [1.54, 1.807) is 18.6 Å². The van der Waals surface area contributed by atoms with Crippen LogP contribution in [-0.4, -0.2) is 13.1 Å². The number of nitrogens with one attached hydrogen (secondary N) is 1. The zero-order valence-electron chi connectivity index (χ0n) is 10.3. The van der Waals surface area contributed by atoms with Crippen LogP contribution < -0.4 is 10.1 Å². The van der Waals surface area contributed by atoms with Crippen molar-refractivity contribution in [1.82, 2.24) is 5.32 Å². The fraction of sp³-hybridized carbons (Fsp3) is 0.214. The van der Waals surface area contributed by atoms with Crippen molar-refractivity contribution >= 4 is 11.6 Å². The molecule has 1 fully saturated rings. The molecule has 0 spiro atoms. The normalized spacial score (nSPS) is 16.2. The second kappa shape index (κ2) is 4.82. The third-order valence-electron chi connectivity index (χ3n) is 3.32. The molecular formula is C14H10ClFN2O2. The van der Waals surface area contributed by atoms with Crippen molar-refractivity contribution in [3.05, 3.63) is 52.7 Å². The van der Waals surface area contributed by atoms with Crippen molar-refractivity contribution in [2.45, 2.75) is 5.60 Å². The predicted molar refractivity (Wildman–Crippen MR) is 70.0 cm³/mol. The summed E-state index contributed by atoms with van der Waals surface area (Å²) < 4.78 is 24.4. The van der Waals surface area contributed by atoms with Gasteiger partial charge in [0.05, 0.1) is 23.1 Å². The average molecular weight is 293 g/mol. The number of nitrogens with zero attached hydrogens (tertiary/aromatic N) is 1. The third kappa shape index (κ3) is 2.03. The monoisotopic (exact) mass is 292 g/mol. The van der Waals surface area contributed by atoms with Gasteiger partial charge in [0.2, 0.25) is 0 Å². The van der Waals surface area contributed by atoms with Crippen LogP contribution in [0.25, 0.3) is 0 Å². The molecule has 6 heteroatoms. The molecule has 1 aromatic carbocycles. The van der Waals surface area contributed by atoms with E-state index in [-0.39, 0.29) is 16.3 Å². The molecule has 2 heterocycles. The number of hydrogen-bond donors (Lipinski definition) is 1. The maximum atomic E-state index is 13.4. The first kappa shape index (κ1) is 13.0. The van der Waals surface area contributed by atoms with E-state index in [4.69, 9.17) is 26.0 Å². The lowest BCUT2D eigenvalue weighted by Gasteiger charge is -2.42. The fourth-order valence-corrected chi connectivity index (χ4v) is 2.28. The number of benzene rings is 1. The molecule has 0 bridgehead atoms. The van der Waals surface area contributed by atoms with Crippen LogP contribution in [0.1, 0.15) is 11.1 Å². The molecule has 2 aromatic rings. The summed E-state index contributed by atoms with van der Waals surface area (Å²) in [5, 5.41) is 12.1. The first-order valence-electron chi connectivity index (χ1n) is 5.96. The molecule has 102 valence electrons. The van der Waals surface area contributed by atoms with Gasteiger partial charge in [-0.15, -0.1) is 0 Å². The molecule has 1 aliphatic rings. The van der Waals surface area contributed by atoms with Gasteiger partial charge in [-0.3, -0.25) is 0 Å². The number of hydrogen-bond acceptors (Lipinski definition) is 4. The molecule has 0 aliphatic carbocycles. The fourth-order valence-electron chi connectivity index (χ4n) is 2.12. The summed E-state index contributed by atoms with van der Waals surface area (Å²) in [5.41, 5.74) is 0.363. The molecule has 3 rings (SSSR count). The van der Waals surface area contributed by atoms with Crippen LogP contribution in [0, 0.1) is 17.1 Å². The second-order valence-corrected chi connectivity index (χ2v) is 4.99. The Morgan fingerprint density at radius 2 is 2.25 bits per heavy atom. The van der Waals surface area contributed by atoms with Crippen LogP contribution in [-0.2, 0) is 5.60 Å². The number of nitriles is 1. The molecule has 1 aromatic heterocycles. The van der Waals surface area contributed by atoms with Gasteiger partial charge in [-0.2, -0.15) is 5.26 Å². The highest BCUT2D eigenvalue weighted by atomic mass is 35.5. The quantitative estimate of drug-likeness (QED) is 0.945. The van der Waals surface area contributed by atoms with Crippen LogP contribution in [0.3, 0.4) is 0 Å². The number of halogens is 2. The maximum absolute atomic E-state index is 13.4. The predicted octanol–water partition coefficient (Wildman–Crippen LogP) is 2.82. The Labute approximate surface area is 119 Å². The molecular weight excluding hydrogens is 283 g/mol. The van der Waals surface area contributed by atoms with Gasteiger partial charge in [0.1, 0.15) is 17.6 Å². The van der Waals surface area contributed by atoms with Crippen LogP contribution in [0.5, 0.6) is 5.75 Å². The summed E-state index contributed by atoms with van der Waals surface area (Å²) in [5.74, 6) is -0.374. The summed E-state index contributed by atoms with van der Waals surface area (Å²) in [7, 11) is 0. The SMILES string of the molecule is N#Cc1cc(F)c(Cl)cc1OC1(c2ccoc2)CNC1. The topological polar surface area (TPSA) is 58.2 Å². The van der Waals surface area contributed by atoms with Crippen molar-refractivity contribution in [3.8, 4) is 11.8 Å². The molecule has 0 saturated carbocycles. The van der Waals surface area contributed by atoms with E-state index in [0.717, 1.165) is 11.6 Å². The van der Waals surface area contributed by atoms with Crippen molar-refractivity contribution in [2.75, 3.05) is 13.1 Å². The standard InChI is InChI=1S/C14H10ClFN2O2/c15-11-4-13(9(5-17)3-12(11)16)20-14(7-18-8-14)10-1-2-19-6-10/h1-4,6,18H,7-8H2. The van der Waals surface area contributed by atoms with E-state index in [9.17, 15) is 4.39 Å². The highest BCUT2D eigenvalue weighted by Crippen LogP contribution is 2.35. The summed E-state index contributed by atoms with van der Waals surface area (Å²) >= 11 is 5.76. The Hall–Kier alpha value is -2.03. The zero-order valence-corrected chi connectivity index (χ0v) is 11.1. The van der Waals surface area contributed by atoms with E-state index in [0.29, 0.717) is 13.1 Å². The maximum Gasteiger partial charge on any atom is 0.162 e. The van der Waals surface area contributed by atoms with E-state index >= 15 is 0 Å². The van der Waals surface area contributed by atoms with Gasteiger partial charge in [-0.1, -0.05) is 11.6 Å². The number of rotatable bonds is 3. The zero-order chi connectivity index (χ0) is 14.2. The second-order valence-electron chi connectivity index (χ2n) is 4.59. The number of ether oxygens (including phenoxy) is 1. The van der Waals surface area contributed by atoms with Crippen LogP contribution in [0.4, 0.5) is 4.39 Å². The lowest BCUT2D eigenvalue weighted by molar-refractivity contribution is 0.0113. The highest BCUT2D eigenvalue weighted by Gasteiger charge is 2.42. The molecule has 0 unspecified atom stereocenters. The molecule has 20 heavy (non-hydrogen) atoms. The van der Waals surface area contributed by atoms with Crippen molar-refractivity contribution < 1.29 is 13.5 Å². The average Bonchev–Trinajstić information content (AvgIpc) is 2.91. The van der Waals surface area contributed by atoms with Gasteiger partial charge in [0.25, 0.3) is 0 Å². The van der Waals surface area contributed by atoms with Crippen LogP contribution in [0.2, 0.25) is 5.02 Å². The Bertz CT molecular complexity index is 675. The third-order valence-corrected chi connectivity index (χ3v) is 3.61. The summed E-state index contributed by atoms with van der Waals surface area (Å²) in [6.45, 7) is 1.15. The van der Waals surface area contributed by atoms with Gasteiger partial charge < -0.3 is 14.5 Å². The van der Waals surface area contributed by atoms with Crippen LogP contribution in [0.15, 0.2) is 35.1 Å². The smallest absolute Gasteiger partial charge is 0.162 e. The highest BCUT2D eigenvalue weighted by molar-refractivity contribution is 6.30. The minimum atomic E-state index is -0.639. The van der Waals surface area contributed by atoms with Gasteiger partial charge >= 0.3 is 0 Å². The van der Waals surface area contributed by atoms with Crippen LogP contribution >= 0.6 is 11.6 Å². The summed E-state index contributed by atoms with van der Waals surface area (Å²) in [6.07, 6.45) is 3.15. The van der Waals surface area contributed by atoms with E-state index in [2.05, 4.69) is 5.32 Å². The Morgan fingerprint density at radius 1 is 1.45 bits per heavy atom. The molecule has 1 aliphatic heterocycles. The summed E-state index contributed by atoms with van der Waals surface area (Å²) in [6, 6.07) is 6.12. The lowest BCUT2D eigenvalue weighted by Crippen LogP contribution is -2.60. The van der Waals surface area contributed by atoms with Gasteiger partial charge in [0, 0.05) is 24.7 Å². The minimum Gasteiger partial charge on any atom is -0.478 e. The largest absolute Gasteiger partial charge is 0.478 e. The first-order chi connectivity index (χ1) is 9.64. The molecule has 0 atom stereocenters. The lowest BCUT2D eigenvalue weighted by atomic mass is 9.89. The van der Waals surface area contributed by atoms with E-state index in [1.165, 1.54) is 6.07 Å². The summed E-state index contributed by atoms with van der Waals surface area (Å²) in [4.78, 5) is 0. The minimum absolute atomic E-state index is 0.0753. The molecule has 1 N–H and O–H groups in total. The molecule has 0 radical (unpaired) electrons. The van der Waals surface area contributed by atoms with Crippen molar-refractivity contribution in [2.24, 2.45) is 0 Å². The van der Waals surface area contributed by atoms with Gasteiger partial charge in [0.15, 0.2) is 5.60 Å². The molecule has 0 amide bonds. The van der Waals surface area contributed by atoms with E-state index in [1.807, 2.05) is 6.07 Å². The van der Waals surface area contributed by atoms with Crippen molar-refractivity contribution in [1.29, 1.82) is 5.26 Å². The van der Waals surface area contributed by atoms with Crippen molar-refractivity contribution in [3.63, 3.8) is 0 Å². The molecule has 4 nitrogen and oxygen atoms in total. The Morgan fingerprint density at radius 3 is 2.80 bits per heavy atom. The van der Waals surface area contributed by atoms with E-state index < -0.39 is 11.4 Å².